The molecule has 0 N–H and O–H groups in total. The molecule has 5 nitrogen and oxygen atoms in total. The molecule has 7 rings (SSSR count). The Balaban J connectivity index is 1.34. The summed E-state index contributed by atoms with van der Waals surface area (Å²) in [5.41, 5.74) is 7.58. The summed E-state index contributed by atoms with van der Waals surface area (Å²) in [4.78, 5) is 14.2. The quantitative estimate of drug-likeness (QED) is 0.260. The zero-order valence-corrected chi connectivity index (χ0v) is 18.4. The number of hydrogen-bond donors (Lipinski definition) is 0. The van der Waals surface area contributed by atoms with Crippen molar-refractivity contribution in [1.82, 2.24) is 15.0 Å². The predicted molar refractivity (Wildman–Crippen MR) is 138 cm³/mol. The first-order valence-electron chi connectivity index (χ1n) is 11.2. The van der Waals surface area contributed by atoms with Crippen molar-refractivity contribution in [3.05, 3.63) is 103 Å². The summed E-state index contributed by atoms with van der Waals surface area (Å²) in [6.07, 6.45) is 3.66. The molecule has 5 heteroatoms. The van der Waals surface area contributed by atoms with Gasteiger partial charge in [0.15, 0.2) is 0 Å². The number of hydrogen-bond acceptors (Lipinski definition) is 5. The van der Waals surface area contributed by atoms with Crippen LogP contribution >= 0.6 is 0 Å². The lowest BCUT2D eigenvalue weighted by molar-refractivity contribution is 0.669. The Morgan fingerprint density at radius 3 is 2.31 bits per heavy atom. The first-order chi connectivity index (χ1) is 17.3. The molecule has 0 amide bonds. The summed E-state index contributed by atoms with van der Waals surface area (Å²) in [6, 6.07) is 30.0. The van der Waals surface area contributed by atoms with Crippen LogP contribution in [-0.2, 0) is 0 Å². The number of benzene rings is 3. The highest BCUT2D eigenvalue weighted by atomic mass is 16.3. The molecule has 4 heterocycles. The monoisotopic (exact) mass is 448 g/mol. The summed E-state index contributed by atoms with van der Waals surface area (Å²) in [6.45, 7) is 0. The molecule has 3 aromatic carbocycles. The smallest absolute Gasteiger partial charge is 0.135 e. The molecule has 4 aromatic heterocycles. The third kappa shape index (κ3) is 3.12. The van der Waals surface area contributed by atoms with Crippen molar-refractivity contribution in [3.8, 4) is 28.6 Å². The zero-order chi connectivity index (χ0) is 23.4. The van der Waals surface area contributed by atoms with Gasteiger partial charge in [0.2, 0.25) is 0 Å². The Hall–Kier alpha value is -5.08. The van der Waals surface area contributed by atoms with Gasteiger partial charge in [0.05, 0.1) is 34.1 Å². The SMILES string of the molecule is N#Cc1ccc2oc3ccc(-c4cccc(-c5cnc6c(ccc7cccnc76)c5)n4)cc3c2c1. The Bertz CT molecular complexity index is 1980. The molecular weight excluding hydrogens is 432 g/mol. The van der Waals surface area contributed by atoms with Crippen molar-refractivity contribution < 1.29 is 4.42 Å². The van der Waals surface area contributed by atoms with Crippen LogP contribution in [0.15, 0.2) is 102 Å². The van der Waals surface area contributed by atoms with Crippen molar-refractivity contribution in [1.29, 1.82) is 5.26 Å². The van der Waals surface area contributed by atoms with Crippen LogP contribution in [0.3, 0.4) is 0 Å². The molecule has 0 unspecified atom stereocenters. The molecule has 0 aliphatic rings. The predicted octanol–water partition coefficient (Wildman–Crippen LogP) is 7.28. The van der Waals surface area contributed by atoms with Gasteiger partial charge in [0.1, 0.15) is 11.2 Å². The van der Waals surface area contributed by atoms with Crippen LogP contribution in [0.5, 0.6) is 0 Å². The average Bonchev–Trinajstić information content (AvgIpc) is 3.29. The Morgan fingerprint density at radius 1 is 0.657 bits per heavy atom. The zero-order valence-electron chi connectivity index (χ0n) is 18.4. The summed E-state index contributed by atoms with van der Waals surface area (Å²) in [5.74, 6) is 0. The maximum atomic E-state index is 9.30. The standard InChI is InChI=1S/C30H16N4O/c31-16-18-6-10-27-23(13-18)24-15-20(9-11-28(24)35-27)25-4-1-5-26(34-25)22-14-21-8-7-19-3-2-12-32-29(19)30(21)33-17-22/h1-15,17H. The van der Waals surface area contributed by atoms with E-state index < -0.39 is 0 Å². The van der Waals surface area contributed by atoms with Crippen molar-refractivity contribution in [2.75, 3.05) is 0 Å². The number of pyridine rings is 3. The second kappa shape index (κ2) is 7.47. The number of fused-ring (bicyclic) bond motifs is 6. The van der Waals surface area contributed by atoms with E-state index in [1.807, 2.05) is 60.8 Å². The Labute approximate surface area is 199 Å². The molecule has 0 saturated heterocycles. The first kappa shape index (κ1) is 19.4. The van der Waals surface area contributed by atoms with Crippen LogP contribution in [0.4, 0.5) is 0 Å². The Kier molecular flexibility index (Phi) is 4.14. The fraction of sp³-hybridized carbons (Fsp3) is 0. The summed E-state index contributed by atoms with van der Waals surface area (Å²) >= 11 is 0. The fourth-order valence-electron chi connectivity index (χ4n) is 4.64. The lowest BCUT2D eigenvalue weighted by Crippen LogP contribution is -1.90. The van der Waals surface area contributed by atoms with Gasteiger partial charge >= 0.3 is 0 Å². The second-order valence-corrected chi connectivity index (χ2v) is 8.48. The Morgan fingerprint density at radius 2 is 1.43 bits per heavy atom. The lowest BCUT2D eigenvalue weighted by atomic mass is 10.0. The van der Waals surface area contributed by atoms with Gasteiger partial charge in [-0.15, -0.1) is 0 Å². The molecule has 0 radical (unpaired) electrons. The van der Waals surface area contributed by atoms with E-state index in [9.17, 15) is 5.26 Å². The number of furan rings is 1. The lowest BCUT2D eigenvalue weighted by Gasteiger charge is -2.07. The van der Waals surface area contributed by atoms with Crippen LogP contribution in [0.25, 0.3) is 66.3 Å². The second-order valence-electron chi connectivity index (χ2n) is 8.48. The van der Waals surface area contributed by atoms with Gasteiger partial charge in [-0.25, -0.2) is 4.98 Å². The molecule has 0 saturated carbocycles. The van der Waals surface area contributed by atoms with Gasteiger partial charge in [0, 0.05) is 45.1 Å². The van der Waals surface area contributed by atoms with Crippen molar-refractivity contribution >= 4 is 43.7 Å². The van der Waals surface area contributed by atoms with Crippen molar-refractivity contribution in [3.63, 3.8) is 0 Å². The van der Waals surface area contributed by atoms with E-state index in [-0.39, 0.29) is 0 Å². The maximum absolute atomic E-state index is 9.30. The molecule has 35 heavy (non-hydrogen) atoms. The minimum absolute atomic E-state index is 0.609. The van der Waals surface area contributed by atoms with Gasteiger partial charge in [0.25, 0.3) is 0 Å². The molecule has 0 aliphatic heterocycles. The number of nitriles is 1. The van der Waals surface area contributed by atoms with Crippen LogP contribution in [-0.4, -0.2) is 15.0 Å². The molecule has 0 spiro atoms. The molecule has 7 aromatic rings. The first-order valence-corrected chi connectivity index (χ1v) is 11.2. The van der Waals surface area contributed by atoms with Crippen LogP contribution < -0.4 is 0 Å². The third-order valence-corrected chi connectivity index (χ3v) is 6.36. The van der Waals surface area contributed by atoms with Crippen molar-refractivity contribution in [2.24, 2.45) is 0 Å². The highest BCUT2D eigenvalue weighted by Gasteiger charge is 2.11. The van der Waals surface area contributed by atoms with Crippen LogP contribution in [0, 0.1) is 11.3 Å². The number of rotatable bonds is 2. The third-order valence-electron chi connectivity index (χ3n) is 6.36. The van der Waals surface area contributed by atoms with Gasteiger partial charge in [-0.3, -0.25) is 9.97 Å². The molecule has 0 fully saturated rings. The molecular formula is C30H16N4O. The number of aromatic nitrogens is 3. The van der Waals surface area contributed by atoms with Crippen LogP contribution in [0.1, 0.15) is 5.56 Å². The van der Waals surface area contributed by atoms with Gasteiger partial charge in [-0.2, -0.15) is 5.26 Å². The van der Waals surface area contributed by atoms with Gasteiger partial charge in [-0.05, 0) is 60.7 Å². The topological polar surface area (TPSA) is 75.6 Å². The maximum Gasteiger partial charge on any atom is 0.135 e. The van der Waals surface area contributed by atoms with Gasteiger partial charge < -0.3 is 4.42 Å². The van der Waals surface area contributed by atoms with E-state index in [1.54, 1.807) is 12.3 Å². The van der Waals surface area contributed by atoms with Crippen LogP contribution in [0.2, 0.25) is 0 Å². The summed E-state index contributed by atoms with van der Waals surface area (Å²) < 4.78 is 5.96. The summed E-state index contributed by atoms with van der Waals surface area (Å²) in [7, 11) is 0. The molecule has 0 atom stereocenters. The normalized spacial score (nSPS) is 11.4. The molecule has 162 valence electrons. The van der Waals surface area contributed by atoms with E-state index in [0.29, 0.717) is 5.56 Å². The van der Waals surface area contributed by atoms with E-state index in [1.165, 1.54) is 0 Å². The summed E-state index contributed by atoms with van der Waals surface area (Å²) in [5, 5.41) is 13.3. The fourth-order valence-corrected chi connectivity index (χ4v) is 4.64. The highest BCUT2D eigenvalue weighted by Crippen LogP contribution is 2.33. The van der Waals surface area contributed by atoms with E-state index >= 15 is 0 Å². The highest BCUT2D eigenvalue weighted by molar-refractivity contribution is 6.07. The van der Waals surface area contributed by atoms with E-state index in [4.69, 9.17) is 14.4 Å². The molecule has 0 aliphatic carbocycles. The molecule has 0 bridgehead atoms. The van der Waals surface area contributed by atoms with E-state index in [2.05, 4.69) is 35.3 Å². The van der Waals surface area contributed by atoms with Gasteiger partial charge in [-0.1, -0.05) is 24.3 Å². The average molecular weight is 448 g/mol. The largest absolute Gasteiger partial charge is 0.456 e. The minimum atomic E-state index is 0.609. The van der Waals surface area contributed by atoms with E-state index in [0.717, 1.165) is 66.3 Å². The minimum Gasteiger partial charge on any atom is -0.456 e. The number of nitrogens with zero attached hydrogens (tertiary/aromatic N) is 4. The van der Waals surface area contributed by atoms with Crippen molar-refractivity contribution in [2.45, 2.75) is 0 Å².